The van der Waals surface area contributed by atoms with Gasteiger partial charge in [-0.1, -0.05) is 48.6 Å². The number of hydrogen-bond donors (Lipinski definition) is 1. The number of carboxylic acids is 1. The maximum atomic E-state index is 10.9. The number of carbonyl (C=O) groups is 1. The van der Waals surface area contributed by atoms with Crippen molar-refractivity contribution in [3.8, 4) is 6.07 Å². The lowest BCUT2D eigenvalue weighted by molar-refractivity contribution is -0.138. The van der Waals surface area contributed by atoms with E-state index in [4.69, 9.17) is 5.11 Å². The molecule has 0 aromatic heterocycles. The van der Waals surface area contributed by atoms with Gasteiger partial charge in [0.05, 0.1) is 17.9 Å². The minimum atomic E-state index is -0.949. The first kappa shape index (κ1) is 12.1. The number of allylic oxidation sites excluding steroid dienone is 4. The molecule has 0 radical (unpaired) electrons. The lowest BCUT2D eigenvalue weighted by Crippen LogP contribution is -2.22. The number of aliphatic carboxylic acids is 1. The molecule has 0 spiro atoms. The Bertz CT molecular complexity index is 552. The number of nitrogens with zero attached hydrogens (tertiary/aromatic N) is 1. The second-order valence-corrected chi connectivity index (χ2v) is 4.43. The molecule has 0 saturated carbocycles. The molecule has 1 N–H and O–H groups in total. The average molecular weight is 239 g/mol. The van der Waals surface area contributed by atoms with Crippen molar-refractivity contribution in [3.63, 3.8) is 0 Å². The third-order valence-corrected chi connectivity index (χ3v) is 3.05. The zero-order valence-corrected chi connectivity index (χ0v) is 9.84. The van der Waals surface area contributed by atoms with E-state index in [-0.39, 0.29) is 6.42 Å². The van der Waals surface area contributed by atoms with Gasteiger partial charge in [0.15, 0.2) is 0 Å². The van der Waals surface area contributed by atoms with Gasteiger partial charge >= 0.3 is 5.97 Å². The highest BCUT2D eigenvalue weighted by atomic mass is 16.4. The van der Waals surface area contributed by atoms with Gasteiger partial charge in [0, 0.05) is 0 Å². The summed E-state index contributed by atoms with van der Waals surface area (Å²) in [5, 5.41) is 18.2. The minimum Gasteiger partial charge on any atom is -0.481 e. The molecule has 2 rings (SSSR count). The predicted molar refractivity (Wildman–Crippen MR) is 68.5 cm³/mol. The Morgan fingerprint density at radius 1 is 1.39 bits per heavy atom. The van der Waals surface area contributed by atoms with Crippen LogP contribution in [0.2, 0.25) is 0 Å². The highest BCUT2D eigenvalue weighted by molar-refractivity contribution is 5.74. The summed E-state index contributed by atoms with van der Waals surface area (Å²) in [6.45, 7) is 0. The van der Waals surface area contributed by atoms with Gasteiger partial charge in [-0.25, -0.2) is 0 Å². The number of rotatable bonds is 3. The standard InChI is InChI=1S/C15H13NO2/c16-11-15(10-14(17)18)8-4-7-13(9-15)12-5-2-1-3-6-12/h1-8H,9-10H2,(H,17,18). The Labute approximate surface area is 106 Å². The van der Waals surface area contributed by atoms with Crippen LogP contribution in [0.4, 0.5) is 0 Å². The van der Waals surface area contributed by atoms with Crippen LogP contribution >= 0.6 is 0 Å². The van der Waals surface area contributed by atoms with Gasteiger partial charge in [-0.2, -0.15) is 5.26 Å². The molecule has 0 heterocycles. The molecule has 1 unspecified atom stereocenters. The zero-order valence-electron chi connectivity index (χ0n) is 9.84. The fourth-order valence-corrected chi connectivity index (χ4v) is 2.16. The predicted octanol–water partition coefficient (Wildman–Crippen LogP) is 3.01. The molecular formula is C15H13NO2. The Hall–Kier alpha value is -2.34. The van der Waals surface area contributed by atoms with Crippen molar-refractivity contribution in [2.75, 3.05) is 0 Å². The molecular weight excluding hydrogens is 226 g/mol. The normalized spacial score (nSPS) is 22.1. The first-order valence-electron chi connectivity index (χ1n) is 5.72. The molecule has 1 aromatic rings. The third-order valence-electron chi connectivity index (χ3n) is 3.05. The summed E-state index contributed by atoms with van der Waals surface area (Å²) < 4.78 is 0. The Balaban J connectivity index is 2.29. The van der Waals surface area contributed by atoms with E-state index >= 15 is 0 Å². The van der Waals surface area contributed by atoms with E-state index in [2.05, 4.69) is 6.07 Å². The largest absolute Gasteiger partial charge is 0.481 e. The highest BCUT2D eigenvalue weighted by Crippen LogP contribution is 2.38. The van der Waals surface area contributed by atoms with Gasteiger partial charge in [-0.15, -0.1) is 0 Å². The Morgan fingerprint density at radius 2 is 2.11 bits per heavy atom. The molecule has 18 heavy (non-hydrogen) atoms. The van der Waals surface area contributed by atoms with Crippen LogP contribution in [0.5, 0.6) is 0 Å². The molecule has 0 fully saturated rings. The first-order valence-corrected chi connectivity index (χ1v) is 5.72. The molecule has 1 aliphatic rings. The van der Waals surface area contributed by atoms with Crippen LogP contribution in [0.25, 0.3) is 5.57 Å². The lowest BCUT2D eigenvalue weighted by atomic mass is 9.75. The second kappa shape index (κ2) is 4.89. The van der Waals surface area contributed by atoms with Crippen molar-refractivity contribution in [2.45, 2.75) is 12.8 Å². The van der Waals surface area contributed by atoms with E-state index in [1.165, 1.54) is 0 Å². The zero-order chi connectivity index (χ0) is 13.0. The molecule has 0 saturated heterocycles. The maximum Gasteiger partial charge on any atom is 0.305 e. The van der Waals surface area contributed by atoms with Gasteiger partial charge in [0.25, 0.3) is 0 Å². The smallest absolute Gasteiger partial charge is 0.305 e. The van der Waals surface area contributed by atoms with E-state index < -0.39 is 11.4 Å². The summed E-state index contributed by atoms with van der Waals surface area (Å²) in [4.78, 5) is 10.9. The van der Waals surface area contributed by atoms with Crippen LogP contribution in [0.3, 0.4) is 0 Å². The van der Waals surface area contributed by atoms with E-state index in [0.717, 1.165) is 11.1 Å². The van der Waals surface area contributed by atoms with Crippen LogP contribution in [0.15, 0.2) is 48.6 Å². The summed E-state index contributed by atoms with van der Waals surface area (Å²) in [5.41, 5.74) is 1.11. The van der Waals surface area contributed by atoms with Crippen molar-refractivity contribution >= 4 is 11.5 Å². The molecule has 0 bridgehead atoms. The first-order chi connectivity index (χ1) is 8.65. The van der Waals surface area contributed by atoms with Crippen LogP contribution < -0.4 is 0 Å². The Morgan fingerprint density at radius 3 is 2.72 bits per heavy atom. The third kappa shape index (κ3) is 2.49. The number of hydrogen-bond acceptors (Lipinski definition) is 2. The lowest BCUT2D eigenvalue weighted by Gasteiger charge is -2.25. The molecule has 0 aliphatic heterocycles. The molecule has 1 aliphatic carbocycles. The van der Waals surface area contributed by atoms with Crippen LogP contribution in [0.1, 0.15) is 18.4 Å². The minimum absolute atomic E-state index is 0.163. The van der Waals surface area contributed by atoms with Crippen molar-refractivity contribution < 1.29 is 9.90 Å². The van der Waals surface area contributed by atoms with Gasteiger partial charge in [-0.3, -0.25) is 4.79 Å². The number of carboxylic acid groups (broad SMARTS) is 1. The molecule has 3 heteroatoms. The fraction of sp³-hybridized carbons (Fsp3) is 0.200. The monoisotopic (exact) mass is 239 g/mol. The molecule has 3 nitrogen and oxygen atoms in total. The van der Waals surface area contributed by atoms with Crippen molar-refractivity contribution in [1.82, 2.24) is 0 Å². The fourth-order valence-electron chi connectivity index (χ4n) is 2.16. The molecule has 1 aromatic carbocycles. The second-order valence-electron chi connectivity index (χ2n) is 4.43. The van der Waals surface area contributed by atoms with Crippen molar-refractivity contribution in [3.05, 3.63) is 54.1 Å². The van der Waals surface area contributed by atoms with E-state index in [0.29, 0.717) is 6.42 Å². The van der Waals surface area contributed by atoms with Gasteiger partial charge in [-0.05, 0) is 17.6 Å². The van der Waals surface area contributed by atoms with E-state index in [1.807, 2.05) is 36.4 Å². The van der Waals surface area contributed by atoms with E-state index in [1.54, 1.807) is 12.2 Å². The summed E-state index contributed by atoms with van der Waals surface area (Å²) in [6.07, 6.45) is 5.68. The number of nitriles is 1. The topological polar surface area (TPSA) is 61.1 Å². The summed E-state index contributed by atoms with van der Waals surface area (Å²) in [7, 11) is 0. The molecule has 90 valence electrons. The molecule has 1 atom stereocenters. The van der Waals surface area contributed by atoms with Gasteiger partial charge in [0.2, 0.25) is 0 Å². The van der Waals surface area contributed by atoms with Crippen LogP contribution in [0, 0.1) is 16.7 Å². The Kier molecular flexibility index (Phi) is 3.29. The SMILES string of the molecule is N#CC1(CC(=O)O)C=CC=C(c2ccccc2)C1. The molecule has 0 amide bonds. The van der Waals surface area contributed by atoms with Crippen molar-refractivity contribution in [1.29, 1.82) is 5.26 Å². The summed E-state index contributed by atoms with van der Waals surface area (Å²) in [6, 6.07) is 11.9. The highest BCUT2D eigenvalue weighted by Gasteiger charge is 2.33. The van der Waals surface area contributed by atoms with Gasteiger partial charge < -0.3 is 5.11 Å². The average Bonchev–Trinajstić information content (AvgIpc) is 2.39. The number of benzene rings is 1. The summed E-state index contributed by atoms with van der Waals surface area (Å²) in [5.74, 6) is -0.949. The quantitative estimate of drug-likeness (QED) is 0.881. The van der Waals surface area contributed by atoms with Crippen molar-refractivity contribution in [2.24, 2.45) is 5.41 Å². The summed E-state index contributed by atoms with van der Waals surface area (Å²) >= 11 is 0. The van der Waals surface area contributed by atoms with Gasteiger partial charge in [0.1, 0.15) is 0 Å². The van der Waals surface area contributed by atoms with E-state index in [9.17, 15) is 10.1 Å². The maximum absolute atomic E-state index is 10.9. The van der Waals surface area contributed by atoms with Crippen LogP contribution in [-0.2, 0) is 4.79 Å². The van der Waals surface area contributed by atoms with Crippen LogP contribution in [-0.4, -0.2) is 11.1 Å².